The second-order valence-electron chi connectivity index (χ2n) is 3.80. The van der Waals surface area contributed by atoms with Gasteiger partial charge in [0.15, 0.2) is 0 Å². The highest BCUT2D eigenvalue weighted by molar-refractivity contribution is 6.05. The SMILES string of the molecule is CC1N=CC=CC1=NNC(=O)Nc1ccccc1. The third kappa shape index (κ3) is 3.28. The molecule has 92 valence electrons. The monoisotopic (exact) mass is 242 g/mol. The molecule has 1 atom stereocenters. The minimum atomic E-state index is -0.371. The van der Waals surface area contributed by atoms with Crippen molar-refractivity contribution in [2.24, 2.45) is 10.1 Å². The average Bonchev–Trinajstić information content (AvgIpc) is 2.39. The number of nitrogens with one attached hydrogen (secondary N) is 2. The molecule has 18 heavy (non-hydrogen) atoms. The molecule has 2 N–H and O–H groups in total. The topological polar surface area (TPSA) is 65.8 Å². The van der Waals surface area contributed by atoms with Crippen LogP contribution in [0.2, 0.25) is 0 Å². The van der Waals surface area contributed by atoms with Crippen molar-refractivity contribution >= 4 is 23.6 Å². The lowest BCUT2D eigenvalue weighted by Crippen LogP contribution is -2.27. The molecule has 1 heterocycles. The molecule has 1 aromatic rings. The van der Waals surface area contributed by atoms with Gasteiger partial charge in [0.1, 0.15) is 0 Å². The molecule has 1 aromatic carbocycles. The number of dihydropyridines is 1. The Morgan fingerprint density at radius 3 is 2.83 bits per heavy atom. The summed E-state index contributed by atoms with van der Waals surface area (Å²) < 4.78 is 0. The van der Waals surface area contributed by atoms with E-state index in [1.165, 1.54) is 0 Å². The quantitative estimate of drug-likeness (QED) is 0.767. The Morgan fingerprint density at radius 2 is 2.11 bits per heavy atom. The van der Waals surface area contributed by atoms with Gasteiger partial charge in [0.05, 0.1) is 11.8 Å². The third-order valence-corrected chi connectivity index (χ3v) is 2.41. The van der Waals surface area contributed by atoms with E-state index in [2.05, 4.69) is 20.8 Å². The number of anilines is 1. The molecule has 2 amide bonds. The molecule has 1 aliphatic rings. The maximum absolute atomic E-state index is 11.6. The van der Waals surface area contributed by atoms with Crippen LogP contribution >= 0.6 is 0 Å². The van der Waals surface area contributed by atoms with Crippen LogP contribution in [0.4, 0.5) is 10.5 Å². The summed E-state index contributed by atoms with van der Waals surface area (Å²) in [6, 6.07) is 8.79. The predicted molar refractivity (Wildman–Crippen MR) is 73.1 cm³/mol. The molecule has 0 spiro atoms. The van der Waals surface area contributed by atoms with Crippen LogP contribution in [0, 0.1) is 0 Å². The highest BCUT2D eigenvalue weighted by Gasteiger charge is 2.08. The van der Waals surface area contributed by atoms with Gasteiger partial charge in [0.25, 0.3) is 0 Å². The van der Waals surface area contributed by atoms with Crippen molar-refractivity contribution in [1.29, 1.82) is 0 Å². The van der Waals surface area contributed by atoms with Crippen molar-refractivity contribution in [3.63, 3.8) is 0 Å². The van der Waals surface area contributed by atoms with E-state index in [9.17, 15) is 4.79 Å². The lowest BCUT2D eigenvalue weighted by molar-refractivity contribution is 0.252. The Labute approximate surface area is 105 Å². The Balaban J connectivity index is 1.91. The number of aliphatic imine (C=N–C) groups is 1. The summed E-state index contributed by atoms with van der Waals surface area (Å²) in [5.41, 5.74) is 3.89. The fraction of sp³-hybridized carbons (Fsp3) is 0.154. The smallest absolute Gasteiger partial charge is 0.307 e. The Kier molecular flexibility index (Phi) is 3.86. The number of hydrazone groups is 1. The maximum Gasteiger partial charge on any atom is 0.339 e. The first-order chi connectivity index (χ1) is 8.75. The number of rotatable bonds is 2. The van der Waals surface area contributed by atoms with Gasteiger partial charge in [0.2, 0.25) is 0 Å². The summed E-state index contributed by atoms with van der Waals surface area (Å²) in [7, 11) is 0. The molecule has 0 fully saturated rings. The lowest BCUT2D eigenvalue weighted by atomic mass is 10.1. The van der Waals surface area contributed by atoms with E-state index in [-0.39, 0.29) is 12.1 Å². The van der Waals surface area contributed by atoms with E-state index < -0.39 is 0 Å². The normalized spacial score (nSPS) is 19.8. The summed E-state index contributed by atoms with van der Waals surface area (Å²) in [6.45, 7) is 1.91. The molecule has 0 aliphatic carbocycles. The van der Waals surface area contributed by atoms with Crippen LogP contribution in [0.1, 0.15) is 6.92 Å². The number of benzene rings is 1. The number of carbonyl (C=O) groups is 1. The largest absolute Gasteiger partial charge is 0.339 e. The van der Waals surface area contributed by atoms with Crippen LogP contribution in [-0.4, -0.2) is 24.0 Å². The van der Waals surface area contributed by atoms with Crippen molar-refractivity contribution in [3.05, 3.63) is 42.5 Å². The van der Waals surface area contributed by atoms with Crippen molar-refractivity contribution in [2.75, 3.05) is 5.32 Å². The van der Waals surface area contributed by atoms with Crippen LogP contribution in [0.15, 0.2) is 52.6 Å². The summed E-state index contributed by atoms with van der Waals surface area (Å²) in [5, 5.41) is 6.69. The van der Waals surface area contributed by atoms with E-state index in [1.807, 2.05) is 31.2 Å². The van der Waals surface area contributed by atoms with Crippen LogP contribution in [-0.2, 0) is 0 Å². The van der Waals surface area contributed by atoms with Gasteiger partial charge in [0, 0.05) is 11.9 Å². The van der Waals surface area contributed by atoms with E-state index in [1.54, 1.807) is 24.4 Å². The van der Waals surface area contributed by atoms with Crippen molar-refractivity contribution < 1.29 is 4.79 Å². The number of urea groups is 1. The molecule has 0 bridgehead atoms. The summed E-state index contributed by atoms with van der Waals surface area (Å²) in [6.07, 6.45) is 5.32. The number of carbonyl (C=O) groups excluding carboxylic acids is 1. The molecule has 5 nitrogen and oxygen atoms in total. The molecule has 1 aliphatic heterocycles. The first kappa shape index (κ1) is 12.0. The molecule has 5 heteroatoms. The average molecular weight is 242 g/mol. The summed E-state index contributed by atoms with van der Waals surface area (Å²) in [4.78, 5) is 15.7. The summed E-state index contributed by atoms with van der Waals surface area (Å²) >= 11 is 0. The predicted octanol–water partition coefficient (Wildman–Crippen LogP) is 2.19. The minimum absolute atomic E-state index is 0.0352. The highest BCUT2D eigenvalue weighted by atomic mass is 16.2. The number of hydrogen-bond donors (Lipinski definition) is 2. The Morgan fingerprint density at radius 1 is 1.33 bits per heavy atom. The zero-order valence-electron chi connectivity index (χ0n) is 10.00. The molecular formula is C13H14N4O. The molecule has 0 aromatic heterocycles. The van der Waals surface area contributed by atoms with Crippen LogP contribution < -0.4 is 10.7 Å². The maximum atomic E-state index is 11.6. The van der Waals surface area contributed by atoms with Gasteiger partial charge < -0.3 is 5.32 Å². The van der Waals surface area contributed by atoms with Crippen molar-refractivity contribution in [2.45, 2.75) is 13.0 Å². The second-order valence-corrected chi connectivity index (χ2v) is 3.80. The number of nitrogens with zero attached hydrogens (tertiary/aromatic N) is 2. The minimum Gasteiger partial charge on any atom is -0.307 e. The van der Waals surface area contributed by atoms with Gasteiger partial charge in [-0.25, -0.2) is 10.2 Å². The zero-order valence-corrected chi connectivity index (χ0v) is 10.00. The van der Waals surface area contributed by atoms with E-state index in [0.29, 0.717) is 0 Å². The Hall–Kier alpha value is -2.43. The van der Waals surface area contributed by atoms with Crippen LogP contribution in [0.5, 0.6) is 0 Å². The third-order valence-electron chi connectivity index (χ3n) is 2.41. The lowest BCUT2D eigenvalue weighted by Gasteiger charge is -2.10. The van der Waals surface area contributed by atoms with Gasteiger partial charge >= 0.3 is 6.03 Å². The molecule has 0 saturated carbocycles. The molecule has 0 radical (unpaired) electrons. The molecule has 1 unspecified atom stereocenters. The van der Waals surface area contributed by atoms with Crippen molar-refractivity contribution in [3.8, 4) is 0 Å². The highest BCUT2D eigenvalue weighted by Crippen LogP contribution is 2.04. The first-order valence-corrected chi connectivity index (χ1v) is 5.65. The van der Waals surface area contributed by atoms with Gasteiger partial charge in [-0.05, 0) is 31.2 Å². The first-order valence-electron chi connectivity index (χ1n) is 5.65. The fourth-order valence-corrected chi connectivity index (χ4v) is 1.46. The summed E-state index contributed by atoms with van der Waals surface area (Å²) in [5.74, 6) is 0. The van der Waals surface area contributed by atoms with Gasteiger partial charge in [-0.15, -0.1) is 0 Å². The van der Waals surface area contributed by atoms with Gasteiger partial charge in [-0.3, -0.25) is 4.99 Å². The van der Waals surface area contributed by atoms with E-state index >= 15 is 0 Å². The van der Waals surface area contributed by atoms with E-state index in [0.717, 1.165) is 11.4 Å². The number of amides is 2. The fourth-order valence-electron chi connectivity index (χ4n) is 1.46. The zero-order chi connectivity index (χ0) is 12.8. The molecule has 2 rings (SSSR count). The van der Waals surface area contributed by atoms with Crippen LogP contribution in [0.25, 0.3) is 0 Å². The van der Waals surface area contributed by atoms with Gasteiger partial charge in [-0.1, -0.05) is 18.2 Å². The Bertz CT molecular complexity index is 505. The van der Waals surface area contributed by atoms with Crippen molar-refractivity contribution in [1.82, 2.24) is 5.43 Å². The standard InChI is InChI=1S/C13H14N4O/c1-10-12(8-5-9-14-10)16-17-13(18)15-11-6-3-2-4-7-11/h2-10H,1H3,(H2,15,17,18). The van der Waals surface area contributed by atoms with E-state index in [4.69, 9.17) is 0 Å². The second kappa shape index (κ2) is 5.77. The van der Waals surface area contributed by atoms with Crippen LogP contribution in [0.3, 0.4) is 0 Å². The molecular weight excluding hydrogens is 228 g/mol. The number of allylic oxidation sites excluding steroid dienone is 1. The number of hydrogen-bond acceptors (Lipinski definition) is 3. The number of para-hydroxylation sites is 1. The molecule has 0 saturated heterocycles. The van der Waals surface area contributed by atoms with Gasteiger partial charge in [-0.2, -0.15) is 5.10 Å².